The maximum Gasteiger partial charge on any atom is 0.441 e. The van der Waals surface area contributed by atoms with Crippen LogP contribution in [0.5, 0.6) is 0 Å². The van der Waals surface area contributed by atoms with Crippen LogP contribution in [0.3, 0.4) is 0 Å². The van der Waals surface area contributed by atoms with Gasteiger partial charge in [0.25, 0.3) is 0 Å². The Hall–Kier alpha value is -1.68. The molecule has 0 aromatic heterocycles. The van der Waals surface area contributed by atoms with Gasteiger partial charge in [0.1, 0.15) is 5.92 Å². The highest BCUT2D eigenvalue weighted by Gasteiger charge is 2.27. The first-order valence-electron chi connectivity index (χ1n) is 5.37. The van der Waals surface area contributed by atoms with Gasteiger partial charge in [-0.15, -0.1) is 0 Å². The number of hydrogen-bond acceptors (Lipinski definition) is 3. The van der Waals surface area contributed by atoms with E-state index in [1.54, 1.807) is 30.3 Å². The van der Waals surface area contributed by atoms with E-state index in [1.165, 1.54) is 0 Å². The van der Waals surface area contributed by atoms with E-state index in [9.17, 15) is 18.0 Å². The summed E-state index contributed by atoms with van der Waals surface area (Å²) in [6.45, 7) is -0.131. The molecule has 3 nitrogen and oxygen atoms in total. The van der Waals surface area contributed by atoms with Gasteiger partial charge in [-0.25, -0.2) is 0 Å². The fourth-order valence-corrected chi connectivity index (χ4v) is 1.81. The molecule has 0 bridgehead atoms. The number of halogens is 3. The smallest absolute Gasteiger partial charge is 0.354 e. The Morgan fingerprint density at radius 3 is 2.53 bits per heavy atom. The zero-order chi connectivity index (χ0) is 14.3. The number of carbonyl (C=O) groups excluding carboxylic acids is 1. The van der Waals surface area contributed by atoms with E-state index >= 15 is 0 Å². The summed E-state index contributed by atoms with van der Waals surface area (Å²) in [6, 6.07) is 10.2. The van der Waals surface area contributed by atoms with E-state index in [-0.39, 0.29) is 24.1 Å². The van der Waals surface area contributed by atoms with Gasteiger partial charge in [0, 0.05) is 12.3 Å². The second-order valence-corrected chi connectivity index (χ2v) is 4.72. The van der Waals surface area contributed by atoms with Crippen molar-refractivity contribution in [2.75, 3.05) is 12.3 Å². The Kier molecular flexibility index (Phi) is 5.70. The van der Waals surface area contributed by atoms with E-state index in [0.717, 1.165) is 0 Å². The Bertz CT molecular complexity index is 456. The van der Waals surface area contributed by atoms with Gasteiger partial charge in [-0.3, -0.25) is 4.79 Å². The largest absolute Gasteiger partial charge is 0.441 e. The van der Waals surface area contributed by atoms with Crippen molar-refractivity contribution in [1.82, 2.24) is 5.32 Å². The van der Waals surface area contributed by atoms with Gasteiger partial charge in [-0.1, -0.05) is 30.3 Å². The summed E-state index contributed by atoms with van der Waals surface area (Å²) in [6.07, 6.45) is 0. The highest BCUT2D eigenvalue weighted by molar-refractivity contribution is 8.00. The molecule has 0 aliphatic heterocycles. The van der Waals surface area contributed by atoms with Crippen LogP contribution >= 0.6 is 11.8 Å². The molecule has 0 aliphatic rings. The molecule has 0 aliphatic carbocycles. The van der Waals surface area contributed by atoms with Gasteiger partial charge in [0.15, 0.2) is 0 Å². The minimum Gasteiger partial charge on any atom is -0.354 e. The molecule has 0 saturated carbocycles. The molecule has 1 rings (SSSR count). The Morgan fingerprint density at radius 1 is 1.37 bits per heavy atom. The molecular weight excluding hydrogens is 277 g/mol. The Balaban J connectivity index is 2.46. The molecule has 1 unspecified atom stereocenters. The lowest BCUT2D eigenvalue weighted by Crippen LogP contribution is -2.31. The molecule has 0 fully saturated rings. The molecule has 19 heavy (non-hydrogen) atoms. The lowest BCUT2D eigenvalue weighted by Gasteiger charge is -2.11. The Labute approximate surface area is 112 Å². The second kappa shape index (κ2) is 7.04. The number of nitrogens with one attached hydrogen (secondary N) is 1. The average molecular weight is 288 g/mol. The molecule has 0 heterocycles. The zero-order valence-electron chi connectivity index (χ0n) is 9.78. The van der Waals surface area contributed by atoms with Crippen LogP contribution in [0.2, 0.25) is 0 Å². The first kappa shape index (κ1) is 15.4. The number of amides is 1. The lowest BCUT2D eigenvalue weighted by atomic mass is 10.00. The van der Waals surface area contributed by atoms with E-state index in [1.807, 2.05) is 6.07 Å². The van der Waals surface area contributed by atoms with Crippen molar-refractivity contribution < 1.29 is 18.0 Å². The predicted octanol–water partition coefficient (Wildman–Crippen LogP) is 2.66. The van der Waals surface area contributed by atoms with Crippen molar-refractivity contribution in [3.8, 4) is 6.07 Å². The number of hydrogen-bond donors (Lipinski definition) is 1. The van der Waals surface area contributed by atoms with E-state index in [4.69, 9.17) is 5.26 Å². The standard InChI is InChI=1S/C12H11F3N2OS/c13-12(14,15)19-7-6-17-11(18)10(8-16)9-4-2-1-3-5-9/h1-5,10H,6-7H2,(H,17,18). The third-order valence-corrected chi connectivity index (χ3v) is 2.93. The number of alkyl halides is 3. The quantitative estimate of drug-likeness (QED) is 0.847. The van der Waals surface area contributed by atoms with Crippen LogP contribution in [0.4, 0.5) is 13.2 Å². The molecule has 0 radical (unpaired) electrons. The van der Waals surface area contributed by atoms with E-state index < -0.39 is 17.3 Å². The summed E-state index contributed by atoms with van der Waals surface area (Å²) in [7, 11) is 0. The fraction of sp³-hybridized carbons (Fsp3) is 0.333. The second-order valence-electron chi connectivity index (χ2n) is 3.56. The van der Waals surface area contributed by atoms with Gasteiger partial charge in [0.2, 0.25) is 5.91 Å². The summed E-state index contributed by atoms with van der Waals surface area (Å²) in [5, 5.41) is 11.3. The maximum atomic E-state index is 11.9. The van der Waals surface area contributed by atoms with Crippen molar-refractivity contribution in [2.24, 2.45) is 0 Å². The molecule has 0 spiro atoms. The van der Waals surface area contributed by atoms with Gasteiger partial charge in [0.05, 0.1) is 6.07 Å². The summed E-state index contributed by atoms with van der Waals surface area (Å²) < 4.78 is 35.6. The third kappa shape index (κ3) is 5.66. The van der Waals surface area contributed by atoms with Gasteiger partial charge >= 0.3 is 5.51 Å². The van der Waals surface area contributed by atoms with Crippen LogP contribution in [-0.4, -0.2) is 23.7 Å². The first-order chi connectivity index (χ1) is 8.94. The molecule has 102 valence electrons. The fourth-order valence-electron chi connectivity index (χ4n) is 1.37. The van der Waals surface area contributed by atoms with Crippen LogP contribution in [0, 0.1) is 11.3 Å². The van der Waals surface area contributed by atoms with Gasteiger partial charge in [-0.05, 0) is 17.3 Å². The van der Waals surface area contributed by atoms with Crippen LogP contribution in [0.1, 0.15) is 11.5 Å². The van der Waals surface area contributed by atoms with Crippen LogP contribution in [0.15, 0.2) is 30.3 Å². The average Bonchev–Trinajstić information content (AvgIpc) is 2.36. The normalized spacial score (nSPS) is 12.5. The predicted molar refractivity (Wildman–Crippen MR) is 66.3 cm³/mol. The summed E-state index contributed by atoms with van der Waals surface area (Å²) in [4.78, 5) is 11.7. The highest BCUT2D eigenvalue weighted by atomic mass is 32.2. The Morgan fingerprint density at radius 2 is 2.00 bits per heavy atom. The van der Waals surface area contributed by atoms with Crippen LogP contribution in [0.25, 0.3) is 0 Å². The monoisotopic (exact) mass is 288 g/mol. The summed E-state index contributed by atoms with van der Waals surface area (Å²) in [5.74, 6) is -1.86. The summed E-state index contributed by atoms with van der Waals surface area (Å²) >= 11 is -0.207. The van der Waals surface area contributed by atoms with Gasteiger partial charge in [-0.2, -0.15) is 18.4 Å². The molecule has 7 heteroatoms. The minimum absolute atomic E-state index is 0.131. The maximum absolute atomic E-state index is 11.9. The number of nitrogens with zero attached hydrogens (tertiary/aromatic N) is 1. The molecular formula is C12H11F3N2OS. The highest BCUT2D eigenvalue weighted by Crippen LogP contribution is 2.29. The molecule has 1 amide bonds. The van der Waals surface area contributed by atoms with Crippen molar-refractivity contribution >= 4 is 17.7 Å². The van der Waals surface area contributed by atoms with Crippen molar-refractivity contribution in [3.63, 3.8) is 0 Å². The molecule has 1 N–H and O–H groups in total. The van der Waals surface area contributed by atoms with Crippen molar-refractivity contribution in [2.45, 2.75) is 11.4 Å². The van der Waals surface area contributed by atoms with E-state index in [0.29, 0.717) is 5.56 Å². The molecule has 1 aromatic rings. The number of benzene rings is 1. The lowest BCUT2D eigenvalue weighted by molar-refractivity contribution is -0.121. The number of nitriles is 1. The van der Waals surface area contributed by atoms with Gasteiger partial charge < -0.3 is 5.32 Å². The third-order valence-electron chi connectivity index (χ3n) is 2.19. The van der Waals surface area contributed by atoms with E-state index in [2.05, 4.69) is 5.32 Å². The van der Waals surface area contributed by atoms with Crippen molar-refractivity contribution in [1.29, 1.82) is 5.26 Å². The number of rotatable bonds is 5. The SMILES string of the molecule is N#CC(C(=O)NCCSC(F)(F)F)c1ccccc1. The van der Waals surface area contributed by atoms with Crippen LogP contribution in [-0.2, 0) is 4.79 Å². The number of thioether (sulfide) groups is 1. The summed E-state index contributed by atoms with van der Waals surface area (Å²) in [5.41, 5.74) is -3.79. The molecule has 1 atom stereocenters. The minimum atomic E-state index is -4.31. The van der Waals surface area contributed by atoms with Crippen molar-refractivity contribution in [3.05, 3.63) is 35.9 Å². The molecule has 1 aromatic carbocycles. The van der Waals surface area contributed by atoms with Crippen LogP contribution < -0.4 is 5.32 Å². The zero-order valence-corrected chi connectivity index (χ0v) is 10.6. The number of carbonyl (C=O) groups is 1. The molecule has 0 saturated heterocycles. The topological polar surface area (TPSA) is 52.9 Å². The first-order valence-corrected chi connectivity index (χ1v) is 6.35.